The summed E-state index contributed by atoms with van der Waals surface area (Å²) in [5, 5.41) is 7.75. The zero-order valence-electron chi connectivity index (χ0n) is 23.0. The van der Waals surface area contributed by atoms with Crippen molar-refractivity contribution in [2.45, 2.75) is 97.8 Å². The number of halogens is 1. The van der Waals surface area contributed by atoms with Crippen LogP contribution >= 0.6 is 11.6 Å². The Bertz CT molecular complexity index is 957. The van der Waals surface area contributed by atoms with Gasteiger partial charge in [-0.25, -0.2) is 0 Å². The summed E-state index contributed by atoms with van der Waals surface area (Å²) in [5.41, 5.74) is 2.44. The number of hydrogen-bond acceptors (Lipinski definition) is 4. The lowest BCUT2D eigenvalue weighted by atomic mass is 10.1. The smallest absolute Gasteiger partial charge is 0.120 e. The Morgan fingerprint density at radius 1 is 0.694 bits per heavy atom. The average molecular weight is 514 g/mol. The number of hydrogen-bond donors (Lipinski definition) is 0. The fraction of sp³-hybridized carbons (Fsp3) is 0.533. The minimum Gasteiger partial charge on any atom is -0.488 e. The average Bonchev–Trinajstić information content (AvgIpc) is 3.31. The summed E-state index contributed by atoms with van der Waals surface area (Å²) >= 11 is 5.65. The van der Waals surface area contributed by atoms with Gasteiger partial charge >= 0.3 is 0 Å². The van der Waals surface area contributed by atoms with Gasteiger partial charge in [-0.1, -0.05) is 29.5 Å². The summed E-state index contributed by atoms with van der Waals surface area (Å²) in [7, 11) is 0. The zero-order chi connectivity index (χ0) is 26.4. The van der Waals surface area contributed by atoms with Crippen LogP contribution in [0, 0.1) is 0 Å². The van der Waals surface area contributed by atoms with Crippen LogP contribution in [0.5, 0.6) is 11.5 Å². The van der Waals surface area contributed by atoms with Crippen LogP contribution in [0.3, 0.4) is 0 Å². The molecule has 0 N–H and O–H groups in total. The summed E-state index contributed by atoms with van der Waals surface area (Å²) in [6.07, 6.45) is 10.3. The third kappa shape index (κ3) is 13.5. The summed E-state index contributed by atoms with van der Waals surface area (Å²) in [6.45, 7) is 13.3. The molecule has 198 valence electrons. The van der Waals surface area contributed by atoms with Gasteiger partial charge in [-0.15, -0.1) is 16.7 Å². The number of rotatable bonds is 11. The Morgan fingerprint density at radius 3 is 1.56 bits per heavy atom. The number of alkyl halides is 1. The summed E-state index contributed by atoms with van der Waals surface area (Å²) < 4.78 is 13.4. The SMILES string of the molecule is CC(C)(C)Oc1ccc(CCCCCl)cc1.CC(C)(C)Oc1ccc(CCCCn2ccnn2)cc1. The van der Waals surface area contributed by atoms with Gasteiger partial charge in [-0.05, 0) is 115 Å². The first-order valence-electron chi connectivity index (χ1n) is 13.0. The molecular formula is C30H44ClN3O2. The van der Waals surface area contributed by atoms with Crippen molar-refractivity contribution in [2.24, 2.45) is 0 Å². The van der Waals surface area contributed by atoms with Crippen molar-refractivity contribution in [3.05, 3.63) is 72.1 Å². The molecule has 1 heterocycles. The quantitative estimate of drug-likeness (QED) is 0.193. The van der Waals surface area contributed by atoms with Crippen molar-refractivity contribution >= 4 is 11.6 Å². The largest absolute Gasteiger partial charge is 0.488 e. The molecule has 0 saturated carbocycles. The van der Waals surface area contributed by atoms with Crippen molar-refractivity contribution in [3.8, 4) is 11.5 Å². The van der Waals surface area contributed by atoms with Crippen LogP contribution in [0.1, 0.15) is 78.4 Å². The maximum Gasteiger partial charge on any atom is 0.120 e. The van der Waals surface area contributed by atoms with Gasteiger partial charge in [0.1, 0.15) is 22.7 Å². The van der Waals surface area contributed by atoms with Gasteiger partial charge in [0.15, 0.2) is 0 Å². The molecule has 0 amide bonds. The third-order valence-electron chi connectivity index (χ3n) is 5.12. The second kappa shape index (κ2) is 14.9. The molecule has 0 spiro atoms. The standard InChI is InChI=1S/C16H23N3O.C14H21ClO/c1-16(2,3)20-15-9-7-14(8-10-15)6-4-5-12-19-13-11-17-18-19;1-14(2,3)16-13-9-7-12(8-10-13)6-4-5-11-15/h7-11,13H,4-6,12H2,1-3H3;7-10H,4-6,11H2,1-3H3. The lowest BCUT2D eigenvalue weighted by molar-refractivity contribution is 0.130. The van der Waals surface area contributed by atoms with Crippen LogP contribution in [0.4, 0.5) is 0 Å². The van der Waals surface area contributed by atoms with E-state index in [0.717, 1.165) is 62.4 Å². The Kier molecular flexibility index (Phi) is 12.3. The first kappa shape index (κ1) is 29.7. The summed E-state index contributed by atoms with van der Waals surface area (Å²) in [6, 6.07) is 16.8. The van der Waals surface area contributed by atoms with Crippen LogP contribution in [-0.4, -0.2) is 32.1 Å². The van der Waals surface area contributed by atoms with E-state index < -0.39 is 0 Å². The van der Waals surface area contributed by atoms with Crippen LogP contribution in [-0.2, 0) is 19.4 Å². The number of unbranched alkanes of at least 4 members (excludes halogenated alkanes) is 2. The molecule has 0 fully saturated rings. The van der Waals surface area contributed by atoms with Gasteiger partial charge in [-0.3, -0.25) is 4.68 Å². The topological polar surface area (TPSA) is 49.2 Å². The lowest BCUT2D eigenvalue weighted by Crippen LogP contribution is -2.22. The van der Waals surface area contributed by atoms with Crippen molar-refractivity contribution in [1.82, 2.24) is 15.0 Å². The number of benzene rings is 2. The second-order valence-electron chi connectivity index (χ2n) is 11.0. The molecule has 0 unspecified atom stereocenters. The molecule has 0 radical (unpaired) electrons. The number of aryl methyl sites for hydroxylation is 3. The van der Waals surface area contributed by atoms with Crippen LogP contribution in [0.2, 0.25) is 0 Å². The highest BCUT2D eigenvalue weighted by atomic mass is 35.5. The van der Waals surface area contributed by atoms with Crippen LogP contribution in [0.15, 0.2) is 60.9 Å². The van der Waals surface area contributed by atoms with Crippen LogP contribution in [0.25, 0.3) is 0 Å². The molecule has 0 bridgehead atoms. The van der Waals surface area contributed by atoms with Crippen molar-refractivity contribution in [2.75, 3.05) is 5.88 Å². The van der Waals surface area contributed by atoms with Gasteiger partial charge < -0.3 is 9.47 Å². The Hall–Kier alpha value is -2.53. The van der Waals surface area contributed by atoms with Gasteiger partial charge in [0, 0.05) is 18.6 Å². The molecule has 3 aromatic rings. The number of aromatic nitrogens is 3. The van der Waals surface area contributed by atoms with Crippen molar-refractivity contribution < 1.29 is 9.47 Å². The highest BCUT2D eigenvalue weighted by Gasteiger charge is 2.12. The fourth-order valence-electron chi connectivity index (χ4n) is 3.53. The van der Waals surface area contributed by atoms with E-state index >= 15 is 0 Å². The predicted molar refractivity (Wildman–Crippen MR) is 150 cm³/mol. The van der Waals surface area contributed by atoms with E-state index in [9.17, 15) is 0 Å². The minimum atomic E-state index is -0.140. The summed E-state index contributed by atoms with van der Waals surface area (Å²) in [4.78, 5) is 0. The second-order valence-corrected chi connectivity index (χ2v) is 11.4. The van der Waals surface area contributed by atoms with E-state index in [1.54, 1.807) is 6.20 Å². The fourth-order valence-corrected chi connectivity index (χ4v) is 3.72. The molecule has 0 aliphatic heterocycles. The molecule has 0 aliphatic rings. The monoisotopic (exact) mass is 513 g/mol. The Morgan fingerprint density at radius 2 is 1.17 bits per heavy atom. The van der Waals surface area contributed by atoms with E-state index in [0.29, 0.717) is 0 Å². The van der Waals surface area contributed by atoms with Gasteiger partial charge in [0.05, 0.1) is 6.20 Å². The Balaban J connectivity index is 0.000000261. The third-order valence-corrected chi connectivity index (χ3v) is 5.39. The molecule has 0 atom stereocenters. The van der Waals surface area contributed by atoms with E-state index in [1.807, 2.05) is 23.0 Å². The number of nitrogens with zero attached hydrogens (tertiary/aromatic N) is 3. The Labute approximate surface area is 223 Å². The summed E-state index contributed by atoms with van der Waals surface area (Å²) in [5.74, 6) is 2.63. The molecule has 36 heavy (non-hydrogen) atoms. The normalized spacial score (nSPS) is 11.5. The maximum atomic E-state index is 5.81. The van der Waals surface area contributed by atoms with Gasteiger partial charge in [0.25, 0.3) is 0 Å². The van der Waals surface area contributed by atoms with E-state index in [2.05, 4.69) is 88.3 Å². The first-order chi connectivity index (χ1) is 17.0. The predicted octanol–water partition coefficient (Wildman–Crippen LogP) is 7.90. The molecule has 6 heteroatoms. The number of ether oxygens (including phenoxy) is 2. The van der Waals surface area contributed by atoms with Gasteiger partial charge in [0.2, 0.25) is 0 Å². The highest BCUT2D eigenvalue weighted by molar-refractivity contribution is 6.17. The van der Waals surface area contributed by atoms with E-state index in [4.69, 9.17) is 21.1 Å². The molecule has 1 aromatic heterocycles. The lowest BCUT2D eigenvalue weighted by Gasteiger charge is -2.21. The van der Waals surface area contributed by atoms with Crippen molar-refractivity contribution in [1.29, 1.82) is 0 Å². The maximum absolute atomic E-state index is 5.81. The van der Waals surface area contributed by atoms with E-state index in [-0.39, 0.29) is 11.2 Å². The van der Waals surface area contributed by atoms with E-state index in [1.165, 1.54) is 11.1 Å². The molecule has 0 saturated heterocycles. The molecule has 3 rings (SSSR count). The van der Waals surface area contributed by atoms with Gasteiger partial charge in [-0.2, -0.15) is 0 Å². The highest BCUT2D eigenvalue weighted by Crippen LogP contribution is 2.20. The minimum absolute atomic E-state index is 0.125. The first-order valence-corrected chi connectivity index (χ1v) is 13.5. The molecule has 5 nitrogen and oxygen atoms in total. The van der Waals surface area contributed by atoms with Crippen molar-refractivity contribution in [3.63, 3.8) is 0 Å². The molecular weight excluding hydrogens is 470 g/mol. The zero-order valence-corrected chi connectivity index (χ0v) is 23.7. The molecule has 0 aliphatic carbocycles. The van der Waals surface area contributed by atoms with Crippen LogP contribution < -0.4 is 9.47 Å². The molecule has 2 aromatic carbocycles.